The Hall–Kier alpha value is -3.93. The average molecular weight is 468 g/mol. The number of carbonyl (C=O) groups is 1. The number of rotatable bonds is 6. The minimum atomic E-state index is -0.700. The van der Waals surface area contributed by atoms with E-state index < -0.39 is 11.9 Å². The number of anilines is 1. The minimum Gasteiger partial charge on any atom is -0.443 e. The second kappa shape index (κ2) is 11.3. The van der Waals surface area contributed by atoms with E-state index in [0.717, 1.165) is 12.9 Å². The summed E-state index contributed by atoms with van der Waals surface area (Å²) in [5, 5.41) is 14.9. The second-order valence-corrected chi connectivity index (χ2v) is 7.55. The van der Waals surface area contributed by atoms with E-state index >= 15 is 0 Å². The van der Waals surface area contributed by atoms with E-state index in [1.807, 2.05) is 0 Å². The van der Waals surface area contributed by atoms with Crippen LogP contribution in [0.1, 0.15) is 49.5 Å². The van der Waals surface area contributed by atoms with Gasteiger partial charge in [0.1, 0.15) is 23.2 Å². The first-order valence-corrected chi connectivity index (χ1v) is 11.0. The standard InChI is InChI=1S/C14H9FN8O2.C8H16O/c15-12-7(3-18-23-12)14-21-10(6-25-14)13(24)20-9-5-19-22-11(9)8-4-16-1-2-17-8;1-2-9-8-6-4-3-5-7-8/h1-6H,(H,18,23)(H,19,22)(H,20,24);8H,2-7H2,1H3. The largest absolute Gasteiger partial charge is 0.443 e. The van der Waals surface area contributed by atoms with Gasteiger partial charge >= 0.3 is 0 Å². The van der Waals surface area contributed by atoms with Crippen molar-refractivity contribution in [2.75, 3.05) is 11.9 Å². The molecule has 0 saturated heterocycles. The van der Waals surface area contributed by atoms with E-state index in [4.69, 9.17) is 9.15 Å². The summed E-state index contributed by atoms with van der Waals surface area (Å²) in [7, 11) is 0. The number of halogens is 1. The molecule has 0 aromatic carbocycles. The lowest BCUT2D eigenvalue weighted by Gasteiger charge is -2.20. The molecule has 3 N–H and O–H groups in total. The number of aromatic amines is 2. The number of amides is 1. The average Bonchev–Trinajstić information content (AvgIpc) is 3.62. The molecule has 5 rings (SSSR count). The molecular formula is C22H25FN8O3. The van der Waals surface area contributed by atoms with Gasteiger partial charge in [0, 0.05) is 19.0 Å². The van der Waals surface area contributed by atoms with Gasteiger partial charge in [-0.3, -0.25) is 25.0 Å². The molecule has 0 unspecified atom stereocenters. The molecule has 178 valence electrons. The van der Waals surface area contributed by atoms with E-state index in [2.05, 4.69) is 47.6 Å². The zero-order valence-electron chi connectivity index (χ0n) is 18.6. The van der Waals surface area contributed by atoms with Gasteiger partial charge in [0.25, 0.3) is 5.91 Å². The van der Waals surface area contributed by atoms with Crippen molar-refractivity contribution in [2.24, 2.45) is 0 Å². The molecule has 0 bridgehead atoms. The maximum absolute atomic E-state index is 13.4. The van der Waals surface area contributed by atoms with Crippen molar-refractivity contribution in [1.29, 1.82) is 0 Å². The number of carbonyl (C=O) groups excluding carboxylic acids is 1. The lowest BCUT2D eigenvalue weighted by molar-refractivity contribution is 0.0368. The quantitative estimate of drug-likeness (QED) is 0.385. The van der Waals surface area contributed by atoms with Gasteiger partial charge in [-0.2, -0.15) is 14.6 Å². The summed E-state index contributed by atoms with van der Waals surface area (Å²) in [4.78, 5) is 24.4. The van der Waals surface area contributed by atoms with Crippen molar-refractivity contribution < 1.29 is 18.3 Å². The molecule has 0 spiro atoms. The van der Waals surface area contributed by atoms with E-state index in [1.54, 1.807) is 0 Å². The first-order chi connectivity index (χ1) is 16.7. The SMILES string of the molecule is CCOC1CCCCC1.O=C(Nc1cn[nH]c1-c1cnccn1)c1coc(-c2cn[nH]c2F)n1. The van der Waals surface area contributed by atoms with Crippen molar-refractivity contribution >= 4 is 11.6 Å². The fourth-order valence-corrected chi connectivity index (χ4v) is 3.58. The molecule has 12 heteroatoms. The molecule has 1 aliphatic carbocycles. The van der Waals surface area contributed by atoms with Gasteiger partial charge in [-0.15, -0.1) is 0 Å². The van der Waals surface area contributed by atoms with Gasteiger partial charge in [-0.1, -0.05) is 19.3 Å². The molecule has 0 atom stereocenters. The highest BCUT2D eigenvalue weighted by Crippen LogP contribution is 2.24. The van der Waals surface area contributed by atoms with E-state index in [-0.39, 0.29) is 17.1 Å². The topological polar surface area (TPSA) is 148 Å². The van der Waals surface area contributed by atoms with Crippen LogP contribution in [-0.4, -0.2) is 54.0 Å². The van der Waals surface area contributed by atoms with Crippen LogP contribution in [0.5, 0.6) is 0 Å². The van der Waals surface area contributed by atoms with Crippen molar-refractivity contribution in [2.45, 2.75) is 45.1 Å². The van der Waals surface area contributed by atoms with E-state index in [0.29, 0.717) is 23.2 Å². The number of oxazole rings is 1. The number of hydrogen-bond donors (Lipinski definition) is 3. The van der Waals surface area contributed by atoms with Gasteiger partial charge in [0.2, 0.25) is 11.8 Å². The molecule has 34 heavy (non-hydrogen) atoms. The third kappa shape index (κ3) is 5.70. The van der Waals surface area contributed by atoms with Crippen molar-refractivity contribution in [3.63, 3.8) is 0 Å². The number of nitrogens with zero attached hydrogens (tertiary/aromatic N) is 5. The van der Waals surface area contributed by atoms with Crippen molar-refractivity contribution in [1.82, 2.24) is 35.3 Å². The molecule has 1 fully saturated rings. The minimum absolute atomic E-state index is 0.0260. The maximum Gasteiger partial charge on any atom is 0.277 e. The van der Waals surface area contributed by atoms with Crippen LogP contribution in [0, 0.1) is 5.95 Å². The Kier molecular flexibility index (Phi) is 7.71. The van der Waals surface area contributed by atoms with Crippen LogP contribution in [-0.2, 0) is 4.74 Å². The highest BCUT2D eigenvalue weighted by Gasteiger charge is 2.19. The molecule has 4 heterocycles. The second-order valence-electron chi connectivity index (χ2n) is 7.55. The Morgan fingerprint density at radius 2 is 2.00 bits per heavy atom. The fourth-order valence-electron chi connectivity index (χ4n) is 3.58. The number of aromatic nitrogens is 7. The number of H-pyrrole nitrogens is 2. The maximum atomic E-state index is 13.4. The van der Waals surface area contributed by atoms with Crippen LogP contribution < -0.4 is 5.32 Å². The molecule has 4 aromatic rings. The Balaban J connectivity index is 0.000000257. The fraction of sp³-hybridized carbons (Fsp3) is 0.364. The lowest BCUT2D eigenvalue weighted by Crippen LogP contribution is -2.15. The summed E-state index contributed by atoms with van der Waals surface area (Å²) in [5.74, 6) is -1.31. The predicted octanol–water partition coefficient (Wildman–Crippen LogP) is 3.99. The molecule has 0 aliphatic heterocycles. The molecule has 1 aliphatic rings. The van der Waals surface area contributed by atoms with Gasteiger partial charge in [0.15, 0.2) is 5.69 Å². The number of hydrogen-bond acceptors (Lipinski definition) is 8. The Morgan fingerprint density at radius 3 is 2.71 bits per heavy atom. The Morgan fingerprint density at radius 1 is 1.18 bits per heavy atom. The number of nitrogens with one attached hydrogen (secondary N) is 3. The summed E-state index contributed by atoms with van der Waals surface area (Å²) < 4.78 is 24.1. The third-order valence-electron chi connectivity index (χ3n) is 5.22. The van der Waals surface area contributed by atoms with Crippen LogP contribution in [0.4, 0.5) is 10.1 Å². The predicted molar refractivity (Wildman–Crippen MR) is 120 cm³/mol. The first-order valence-electron chi connectivity index (χ1n) is 11.0. The summed E-state index contributed by atoms with van der Waals surface area (Å²) >= 11 is 0. The summed E-state index contributed by atoms with van der Waals surface area (Å²) in [6, 6.07) is 0. The molecular weight excluding hydrogens is 443 g/mol. The van der Waals surface area contributed by atoms with Gasteiger partial charge in [-0.25, -0.2) is 4.98 Å². The van der Waals surface area contributed by atoms with Crippen molar-refractivity contribution in [3.05, 3.63) is 48.9 Å². The van der Waals surface area contributed by atoms with Crippen LogP contribution in [0.25, 0.3) is 22.8 Å². The van der Waals surface area contributed by atoms with Gasteiger partial charge < -0.3 is 14.5 Å². The van der Waals surface area contributed by atoms with Crippen LogP contribution in [0.3, 0.4) is 0 Å². The van der Waals surface area contributed by atoms with Crippen molar-refractivity contribution in [3.8, 4) is 22.8 Å². The molecule has 11 nitrogen and oxygen atoms in total. The Labute approximate surface area is 194 Å². The lowest BCUT2D eigenvalue weighted by atomic mass is 9.98. The zero-order chi connectivity index (χ0) is 23.8. The normalized spacial score (nSPS) is 13.8. The zero-order valence-corrected chi connectivity index (χ0v) is 18.6. The van der Waals surface area contributed by atoms with Gasteiger partial charge in [0.05, 0.1) is 30.4 Å². The summed E-state index contributed by atoms with van der Waals surface area (Å²) in [6.07, 6.45) is 15.7. The van der Waals surface area contributed by atoms with Crippen LogP contribution in [0.2, 0.25) is 0 Å². The Bertz CT molecular complexity index is 1180. The van der Waals surface area contributed by atoms with Gasteiger partial charge in [-0.05, 0) is 19.8 Å². The molecule has 0 radical (unpaired) electrons. The summed E-state index contributed by atoms with van der Waals surface area (Å²) in [6.45, 7) is 2.97. The third-order valence-corrected chi connectivity index (χ3v) is 5.22. The monoisotopic (exact) mass is 468 g/mol. The van der Waals surface area contributed by atoms with Crippen LogP contribution >= 0.6 is 0 Å². The van der Waals surface area contributed by atoms with E-state index in [9.17, 15) is 9.18 Å². The highest BCUT2D eigenvalue weighted by atomic mass is 19.1. The first kappa shape index (κ1) is 23.2. The smallest absolute Gasteiger partial charge is 0.277 e. The molecule has 1 saturated carbocycles. The molecule has 1 amide bonds. The van der Waals surface area contributed by atoms with Crippen LogP contribution in [0.15, 0.2) is 41.7 Å². The van der Waals surface area contributed by atoms with E-state index in [1.165, 1.54) is 63.1 Å². The highest BCUT2D eigenvalue weighted by molar-refractivity contribution is 6.04. The summed E-state index contributed by atoms with van der Waals surface area (Å²) in [5.41, 5.74) is 1.40. The number of ether oxygens (including phenoxy) is 1. The molecule has 4 aromatic heterocycles.